The molecule has 2 N–H and O–H groups in total. The lowest BCUT2D eigenvalue weighted by molar-refractivity contribution is 0.229. The van der Waals surface area contributed by atoms with Crippen LogP contribution in [0.3, 0.4) is 0 Å². The van der Waals surface area contributed by atoms with Crippen LogP contribution in [0, 0.1) is 0 Å². The van der Waals surface area contributed by atoms with Gasteiger partial charge in [-0.3, -0.25) is 4.79 Å². The Balaban J connectivity index is 3.89. The van der Waals surface area contributed by atoms with E-state index in [1.54, 1.807) is 7.05 Å². The van der Waals surface area contributed by atoms with E-state index in [4.69, 9.17) is 0 Å². The Bertz CT molecular complexity index is 167. The molecule has 0 heterocycles. The summed E-state index contributed by atoms with van der Waals surface area (Å²) >= 11 is 0. The summed E-state index contributed by atoms with van der Waals surface area (Å²) in [5, 5.41) is 0. The number of carbonyl (C=O) groups excluding carboxylic acids is 2. The highest BCUT2D eigenvalue weighted by molar-refractivity contribution is 7.62. The van der Waals surface area contributed by atoms with Gasteiger partial charge in [-0.2, -0.15) is 5.53 Å². The fourth-order valence-electron chi connectivity index (χ4n) is 0.455. The van der Waals surface area contributed by atoms with E-state index in [0.29, 0.717) is 0 Å². The minimum atomic E-state index is -0.187. The number of hydrogen-bond acceptors (Lipinski definition) is 4. The predicted molar refractivity (Wildman–Crippen MR) is 50.2 cm³/mol. The molecule has 1 atom stereocenters. The van der Waals surface area contributed by atoms with Gasteiger partial charge >= 0.3 is 0 Å². The van der Waals surface area contributed by atoms with Gasteiger partial charge < -0.3 is 4.79 Å². The zero-order chi connectivity index (χ0) is 8.85. The van der Waals surface area contributed by atoms with Crippen LogP contribution >= 0.6 is 8.73 Å². The van der Waals surface area contributed by atoms with Gasteiger partial charge in [-0.1, -0.05) is 0 Å². The predicted octanol–water partition coefficient (Wildman–Crippen LogP) is -1.97. The van der Waals surface area contributed by atoms with Gasteiger partial charge in [0.15, 0.2) is 13.7 Å². The molecule has 0 aromatic carbocycles. The van der Waals surface area contributed by atoms with Crippen molar-refractivity contribution in [3.05, 3.63) is 0 Å². The van der Waals surface area contributed by atoms with Crippen molar-refractivity contribution >= 4 is 35.7 Å². The fourth-order valence-corrected chi connectivity index (χ4v) is 1.09. The Kier molecular flexibility index (Phi) is 5.11. The van der Waals surface area contributed by atoms with E-state index >= 15 is 0 Å². The van der Waals surface area contributed by atoms with Gasteiger partial charge in [0.25, 0.3) is 0 Å². The van der Waals surface area contributed by atoms with Crippen LogP contribution < -0.4 is 11.0 Å². The van der Waals surface area contributed by atoms with E-state index in [1.165, 1.54) is 20.5 Å². The number of rotatable bonds is 4. The van der Waals surface area contributed by atoms with Crippen molar-refractivity contribution in [3.63, 3.8) is 0 Å². The number of nitrogens with zero attached hydrogens (tertiary/aromatic N) is 1. The average Bonchev–Trinajstić information content (AvgIpc) is 1.86. The maximum Gasteiger partial charge on any atom is 0.218 e. The molecule has 1 unspecified atom stereocenters. The monoisotopic (exact) mass is 173 g/mol. The first-order valence-electron chi connectivity index (χ1n) is 3.08. The smallest absolute Gasteiger partial charge is 0.218 e. The molecule has 0 aliphatic carbocycles. The van der Waals surface area contributed by atoms with Crippen LogP contribution in [0.4, 0.5) is 9.59 Å². The summed E-state index contributed by atoms with van der Waals surface area (Å²) in [5.41, 5.74) is 5.06. The van der Waals surface area contributed by atoms with E-state index < -0.39 is 0 Å². The van der Waals surface area contributed by atoms with Gasteiger partial charge in [0.1, 0.15) is 5.42 Å². The molecule has 8 heteroatoms. The lowest BCUT2D eigenvalue weighted by atomic mass is 10.1. The van der Waals surface area contributed by atoms with E-state index in [9.17, 15) is 9.59 Å². The second-order valence-corrected chi connectivity index (χ2v) is 3.26. The van der Waals surface area contributed by atoms with Crippen molar-refractivity contribution in [1.82, 2.24) is 15.7 Å². The third-order valence-electron chi connectivity index (χ3n) is 0.808. The first-order chi connectivity index (χ1) is 5.07. The Morgan fingerprint density at radius 3 is 2.27 bits per heavy atom. The first kappa shape index (κ1) is 10.6. The van der Waals surface area contributed by atoms with Crippen molar-refractivity contribution in [2.24, 2.45) is 0 Å². The van der Waals surface area contributed by atoms with Crippen LogP contribution in [0.5, 0.6) is 0 Å². The molecule has 0 aromatic heterocycles. The van der Waals surface area contributed by atoms with Gasteiger partial charge in [0.2, 0.25) is 7.85 Å². The van der Waals surface area contributed by atoms with Crippen molar-refractivity contribution in [2.45, 2.75) is 0 Å². The van der Waals surface area contributed by atoms with Crippen molar-refractivity contribution < 1.29 is 9.59 Å². The molecule has 0 radical (unpaired) electrons. The molecule has 0 aromatic rings. The number of amides is 1. The number of hydrazine groups is 2. The van der Waals surface area contributed by atoms with Crippen molar-refractivity contribution in [1.29, 1.82) is 0 Å². The summed E-state index contributed by atoms with van der Waals surface area (Å²) in [5.74, 6) is -0.187. The van der Waals surface area contributed by atoms with E-state index in [-0.39, 0.29) is 20.0 Å². The molecule has 0 fully saturated rings. The molecule has 0 rings (SSSR count). The molecule has 0 saturated carbocycles. The summed E-state index contributed by atoms with van der Waals surface area (Å²) in [6.07, 6.45) is 0. The summed E-state index contributed by atoms with van der Waals surface area (Å²) < 4.78 is 1.22. The molecular formula is C3H10B2N3O2P. The summed E-state index contributed by atoms with van der Waals surface area (Å²) in [6.45, 7) is 0. The van der Waals surface area contributed by atoms with Crippen LogP contribution in [-0.4, -0.2) is 38.7 Å². The summed E-state index contributed by atoms with van der Waals surface area (Å²) in [4.78, 5) is 21.3. The van der Waals surface area contributed by atoms with Crippen LogP contribution in [0.2, 0.25) is 0 Å². The third-order valence-corrected chi connectivity index (χ3v) is 1.77. The lowest BCUT2D eigenvalue weighted by Crippen LogP contribution is -2.43. The van der Waals surface area contributed by atoms with Crippen LogP contribution in [0.15, 0.2) is 0 Å². The quantitative estimate of drug-likeness (QED) is 0.294. The minimum absolute atomic E-state index is 0.0389. The number of nitrogens with one attached hydrogen (secondary N) is 2. The number of carbonyl (C=O) groups is 2. The van der Waals surface area contributed by atoms with Crippen LogP contribution in [0.25, 0.3) is 0 Å². The van der Waals surface area contributed by atoms with Gasteiger partial charge in [-0.15, -0.1) is 0 Å². The Morgan fingerprint density at radius 1 is 1.45 bits per heavy atom. The molecule has 11 heavy (non-hydrogen) atoms. The zero-order valence-electron chi connectivity index (χ0n) is 6.76. The molecule has 60 valence electrons. The van der Waals surface area contributed by atoms with Gasteiger partial charge in [0.05, 0.1) is 8.73 Å². The van der Waals surface area contributed by atoms with Crippen molar-refractivity contribution in [2.75, 3.05) is 7.05 Å². The Morgan fingerprint density at radius 2 is 2.00 bits per heavy atom. The van der Waals surface area contributed by atoms with Crippen LogP contribution in [-0.2, 0) is 0 Å². The fraction of sp³-hybridized carbons (Fsp3) is 0.333. The second-order valence-electron chi connectivity index (χ2n) is 1.88. The number of hydrogen-bond donors (Lipinski definition) is 2. The molecule has 0 bridgehead atoms. The highest BCUT2D eigenvalue weighted by Crippen LogP contribution is 2.14. The minimum Gasteiger partial charge on any atom is -0.305 e. The summed E-state index contributed by atoms with van der Waals surface area (Å²) in [7, 11) is 4.29. The third kappa shape index (κ3) is 4.95. The highest BCUT2D eigenvalue weighted by Gasteiger charge is 2.08. The molecule has 0 spiro atoms. The van der Waals surface area contributed by atoms with Crippen LogP contribution in [0.1, 0.15) is 0 Å². The molecule has 5 nitrogen and oxygen atoms in total. The second kappa shape index (κ2) is 5.29. The molecule has 0 aliphatic heterocycles. The first-order valence-corrected chi connectivity index (χ1v) is 4.03. The molecular weight excluding hydrogens is 163 g/mol. The maximum absolute atomic E-state index is 10.7. The topological polar surface area (TPSA) is 61.4 Å². The largest absolute Gasteiger partial charge is 0.305 e. The highest BCUT2D eigenvalue weighted by atomic mass is 31.1. The Labute approximate surface area is 68.9 Å². The Hall–Kier alpha value is -0.380. The van der Waals surface area contributed by atoms with Gasteiger partial charge in [-0.25, -0.2) is 10.2 Å². The molecule has 0 saturated heterocycles. The maximum atomic E-state index is 10.7. The zero-order valence-corrected chi connectivity index (χ0v) is 7.76. The SMILES string of the molecule is BC(=O)PN(NNC)C(B)=O. The molecule has 0 aliphatic rings. The van der Waals surface area contributed by atoms with Crippen molar-refractivity contribution in [3.8, 4) is 0 Å². The summed E-state index contributed by atoms with van der Waals surface area (Å²) in [6, 6.07) is 0. The molecule has 1 amide bonds. The standard InChI is InChI=1S/C3H10B2N3O2P/c1-6-7-8(2(4)9)11-3(5)10/h6-7,11H,4-5H2,1H3. The van der Waals surface area contributed by atoms with Gasteiger partial charge in [-0.05, 0) is 0 Å². The van der Waals surface area contributed by atoms with E-state index in [0.717, 1.165) is 0 Å². The van der Waals surface area contributed by atoms with E-state index in [1.807, 2.05) is 0 Å². The average molecular weight is 173 g/mol. The van der Waals surface area contributed by atoms with Gasteiger partial charge in [0, 0.05) is 7.05 Å². The van der Waals surface area contributed by atoms with E-state index in [2.05, 4.69) is 11.0 Å². The normalized spacial score (nSPS) is 10.3. The lowest BCUT2D eigenvalue weighted by Gasteiger charge is -2.19.